The van der Waals surface area contributed by atoms with Crippen LogP contribution >= 0.6 is 0 Å². The molecule has 30 heavy (non-hydrogen) atoms. The van der Waals surface area contributed by atoms with Gasteiger partial charge in [-0.05, 0) is 36.6 Å². The highest BCUT2D eigenvalue weighted by atomic mass is 19.1. The Bertz CT molecular complexity index is 873. The van der Waals surface area contributed by atoms with Crippen LogP contribution in [0.4, 0.5) is 4.39 Å². The van der Waals surface area contributed by atoms with Gasteiger partial charge in [0.1, 0.15) is 5.82 Å². The lowest BCUT2D eigenvalue weighted by Crippen LogP contribution is -2.66. The van der Waals surface area contributed by atoms with Gasteiger partial charge in [0.15, 0.2) is 0 Å². The van der Waals surface area contributed by atoms with E-state index in [1.54, 1.807) is 23.1 Å². The number of aromatic nitrogens is 1. The largest absolute Gasteiger partial charge is 0.381 e. The number of carbonyl (C=O) groups excluding carboxylic acids is 2. The van der Waals surface area contributed by atoms with Crippen molar-refractivity contribution >= 4 is 11.8 Å². The third-order valence-electron chi connectivity index (χ3n) is 5.77. The fourth-order valence-corrected chi connectivity index (χ4v) is 4.12. The molecule has 160 valence electrons. The number of halogens is 1. The summed E-state index contributed by atoms with van der Waals surface area (Å²) in [7, 11) is 0. The first-order valence-electron chi connectivity index (χ1n) is 10.4. The summed E-state index contributed by atoms with van der Waals surface area (Å²) in [5.74, 6) is -0.614. The van der Waals surface area contributed by atoms with Gasteiger partial charge in [0, 0.05) is 31.0 Å². The van der Waals surface area contributed by atoms with Crippen molar-refractivity contribution in [3.8, 4) is 0 Å². The van der Waals surface area contributed by atoms with Crippen molar-refractivity contribution in [3.05, 3.63) is 59.7 Å². The van der Waals surface area contributed by atoms with E-state index in [1.807, 2.05) is 18.3 Å². The van der Waals surface area contributed by atoms with E-state index in [0.29, 0.717) is 38.3 Å². The van der Waals surface area contributed by atoms with E-state index in [1.165, 1.54) is 6.07 Å². The minimum Gasteiger partial charge on any atom is -0.381 e. The molecule has 8 heteroatoms. The fourth-order valence-electron chi connectivity index (χ4n) is 4.12. The van der Waals surface area contributed by atoms with Gasteiger partial charge in [-0.15, -0.1) is 0 Å². The quantitative estimate of drug-likeness (QED) is 0.642. The van der Waals surface area contributed by atoms with Crippen LogP contribution in [0.3, 0.4) is 0 Å². The molecule has 0 aliphatic carbocycles. The van der Waals surface area contributed by atoms with Crippen LogP contribution in [-0.4, -0.2) is 53.7 Å². The number of aromatic amines is 1. The van der Waals surface area contributed by atoms with Crippen LogP contribution in [0.2, 0.25) is 0 Å². The lowest BCUT2D eigenvalue weighted by molar-refractivity contribution is -0.139. The van der Waals surface area contributed by atoms with Crippen molar-refractivity contribution in [1.29, 1.82) is 0 Å². The second-order valence-electron chi connectivity index (χ2n) is 7.87. The second-order valence-corrected chi connectivity index (χ2v) is 7.87. The smallest absolute Gasteiger partial charge is 0.228 e. The SMILES string of the molecule is O=C1NC(CN(Cc2ccc[nH]2)C(=O)CCc2ccccc2F)NC2CCOCC12. The van der Waals surface area contributed by atoms with Crippen molar-refractivity contribution in [2.24, 2.45) is 5.92 Å². The van der Waals surface area contributed by atoms with Gasteiger partial charge in [-0.3, -0.25) is 14.9 Å². The molecule has 1 aromatic carbocycles. The number of fused-ring (bicyclic) bond motifs is 1. The van der Waals surface area contributed by atoms with Gasteiger partial charge in [-0.25, -0.2) is 4.39 Å². The van der Waals surface area contributed by atoms with Crippen LogP contribution in [0.15, 0.2) is 42.6 Å². The van der Waals surface area contributed by atoms with Gasteiger partial charge in [0.2, 0.25) is 11.8 Å². The molecule has 1 aromatic heterocycles. The maximum atomic E-state index is 13.9. The zero-order valence-electron chi connectivity index (χ0n) is 16.8. The van der Waals surface area contributed by atoms with Gasteiger partial charge in [-0.1, -0.05) is 18.2 Å². The molecule has 2 aliphatic heterocycles. The van der Waals surface area contributed by atoms with Crippen LogP contribution in [0, 0.1) is 11.7 Å². The summed E-state index contributed by atoms with van der Waals surface area (Å²) in [4.78, 5) is 30.3. The van der Waals surface area contributed by atoms with Crippen molar-refractivity contribution < 1.29 is 18.7 Å². The second kappa shape index (κ2) is 9.40. The van der Waals surface area contributed by atoms with Gasteiger partial charge < -0.3 is 19.9 Å². The highest BCUT2D eigenvalue weighted by molar-refractivity contribution is 5.81. The number of ether oxygens (including phenoxy) is 1. The van der Waals surface area contributed by atoms with E-state index < -0.39 is 0 Å². The Balaban J connectivity index is 1.42. The topological polar surface area (TPSA) is 86.5 Å². The molecule has 0 bridgehead atoms. The van der Waals surface area contributed by atoms with Crippen LogP contribution < -0.4 is 10.6 Å². The van der Waals surface area contributed by atoms with Gasteiger partial charge >= 0.3 is 0 Å². The van der Waals surface area contributed by atoms with E-state index in [4.69, 9.17) is 4.74 Å². The molecule has 3 unspecified atom stereocenters. The Labute approximate surface area is 175 Å². The van der Waals surface area contributed by atoms with Crippen LogP contribution in [-0.2, 0) is 27.3 Å². The number of benzene rings is 1. The summed E-state index contributed by atoms with van der Waals surface area (Å²) < 4.78 is 19.3. The lowest BCUT2D eigenvalue weighted by atomic mass is 9.92. The normalized spacial score (nSPS) is 23.5. The first-order chi connectivity index (χ1) is 14.6. The first-order valence-corrected chi connectivity index (χ1v) is 10.4. The molecule has 3 N–H and O–H groups in total. The van der Waals surface area contributed by atoms with Crippen molar-refractivity contribution in [1.82, 2.24) is 20.5 Å². The average Bonchev–Trinajstić information content (AvgIpc) is 3.26. The molecule has 2 saturated heterocycles. The Hall–Kier alpha value is -2.71. The van der Waals surface area contributed by atoms with Gasteiger partial charge in [0.05, 0.1) is 31.8 Å². The summed E-state index contributed by atoms with van der Waals surface area (Å²) in [5, 5.41) is 6.43. The molecule has 0 spiro atoms. The van der Waals surface area contributed by atoms with Crippen LogP contribution in [0.5, 0.6) is 0 Å². The average molecular weight is 414 g/mol. The standard InChI is InChI=1S/C22H27FN4O3/c23-18-6-2-1-4-15(18)7-8-21(28)27(12-16-5-3-10-24-16)13-20-25-19-9-11-30-14-17(19)22(29)26-20/h1-6,10,17,19-20,24-25H,7-9,11-14H2,(H,26,29). The highest BCUT2D eigenvalue weighted by Crippen LogP contribution is 2.20. The Morgan fingerprint density at radius 3 is 2.90 bits per heavy atom. The number of carbonyl (C=O) groups is 2. The number of nitrogens with one attached hydrogen (secondary N) is 3. The summed E-state index contributed by atoms with van der Waals surface area (Å²) in [6, 6.07) is 10.4. The molecule has 0 saturated carbocycles. The molecule has 2 aromatic rings. The molecule has 2 amide bonds. The molecular formula is C22H27FN4O3. The Morgan fingerprint density at radius 1 is 1.23 bits per heavy atom. The van der Waals surface area contributed by atoms with Crippen LogP contribution in [0.25, 0.3) is 0 Å². The van der Waals surface area contributed by atoms with E-state index in [2.05, 4.69) is 15.6 Å². The number of rotatable bonds is 7. The minimum absolute atomic E-state index is 0.0397. The summed E-state index contributed by atoms with van der Waals surface area (Å²) in [5.41, 5.74) is 1.43. The van der Waals surface area contributed by atoms with E-state index in [0.717, 1.165) is 12.1 Å². The molecule has 2 aliphatic rings. The third-order valence-corrected chi connectivity index (χ3v) is 5.77. The van der Waals surface area contributed by atoms with E-state index >= 15 is 0 Å². The number of hydrogen-bond acceptors (Lipinski definition) is 4. The summed E-state index contributed by atoms with van der Waals surface area (Å²) in [6.07, 6.45) is 2.78. The monoisotopic (exact) mass is 414 g/mol. The number of nitrogens with zero attached hydrogens (tertiary/aromatic N) is 1. The number of hydrogen-bond donors (Lipinski definition) is 3. The van der Waals surface area contributed by atoms with Gasteiger partial charge in [0.25, 0.3) is 0 Å². The summed E-state index contributed by atoms with van der Waals surface area (Å²) in [6.45, 7) is 1.78. The van der Waals surface area contributed by atoms with Crippen molar-refractivity contribution in [2.75, 3.05) is 19.8 Å². The number of H-pyrrole nitrogens is 1. The van der Waals surface area contributed by atoms with Gasteiger partial charge in [-0.2, -0.15) is 0 Å². The third kappa shape index (κ3) is 4.88. The summed E-state index contributed by atoms with van der Waals surface area (Å²) >= 11 is 0. The maximum absolute atomic E-state index is 13.9. The first kappa shape index (κ1) is 20.6. The lowest BCUT2D eigenvalue weighted by Gasteiger charge is -2.41. The zero-order chi connectivity index (χ0) is 20.9. The minimum atomic E-state index is -0.329. The fraction of sp³-hybridized carbons (Fsp3) is 0.455. The highest BCUT2D eigenvalue weighted by Gasteiger charge is 2.38. The maximum Gasteiger partial charge on any atom is 0.228 e. The van der Waals surface area contributed by atoms with Crippen molar-refractivity contribution in [2.45, 2.75) is 38.0 Å². The molecule has 2 fully saturated rings. The molecule has 7 nitrogen and oxygen atoms in total. The zero-order valence-corrected chi connectivity index (χ0v) is 16.8. The number of aryl methyl sites for hydroxylation is 1. The molecular weight excluding hydrogens is 387 g/mol. The molecule has 4 rings (SSSR count). The van der Waals surface area contributed by atoms with E-state index in [9.17, 15) is 14.0 Å². The van der Waals surface area contributed by atoms with Crippen LogP contribution in [0.1, 0.15) is 24.1 Å². The predicted molar refractivity (Wildman–Crippen MR) is 109 cm³/mol. The van der Waals surface area contributed by atoms with E-state index in [-0.39, 0.29) is 42.2 Å². The molecule has 0 radical (unpaired) electrons. The predicted octanol–water partition coefficient (Wildman–Crippen LogP) is 1.57. The van der Waals surface area contributed by atoms with Crippen molar-refractivity contribution in [3.63, 3.8) is 0 Å². The Morgan fingerprint density at radius 2 is 2.10 bits per heavy atom. The molecule has 3 atom stereocenters. The Kier molecular flexibility index (Phi) is 6.44. The molecule has 3 heterocycles. The number of amides is 2.